The highest BCUT2D eigenvalue weighted by molar-refractivity contribution is 5.95. The molecule has 0 atom stereocenters. The van der Waals surface area contributed by atoms with Gasteiger partial charge in [0.15, 0.2) is 0 Å². The van der Waals surface area contributed by atoms with Crippen LogP contribution in [0.25, 0.3) is 0 Å². The number of nitrogens with one attached hydrogen (secondary N) is 1. The van der Waals surface area contributed by atoms with Crippen molar-refractivity contribution in [1.29, 1.82) is 0 Å². The Morgan fingerprint density at radius 3 is 2.33 bits per heavy atom. The van der Waals surface area contributed by atoms with Gasteiger partial charge in [-0.3, -0.25) is 9.48 Å². The van der Waals surface area contributed by atoms with Crippen molar-refractivity contribution in [2.24, 2.45) is 0 Å². The lowest BCUT2D eigenvalue weighted by atomic mass is 10.1. The molecular weight excluding hydrogens is 306 g/mol. The summed E-state index contributed by atoms with van der Waals surface area (Å²) in [6.45, 7) is 8.48. The Morgan fingerprint density at radius 1 is 1.21 bits per heavy atom. The molecule has 0 radical (unpaired) electrons. The fraction of sp³-hybridized carbons (Fsp3) is 0.389. The van der Waals surface area contributed by atoms with Gasteiger partial charge < -0.3 is 10.4 Å². The van der Waals surface area contributed by atoms with Gasteiger partial charge in [-0.15, -0.1) is 0 Å². The van der Waals surface area contributed by atoms with Crippen LogP contribution >= 0.6 is 0 Å². The molecule has 1 amide bonds. The number of hydrogen-bond donors (Lipinski definition) is 2. The Hall–Kier alpha value is -2.63. The molecule has 1 heterocycles. The summed E-state index contributed by atoms with van der Waals surface area (Å²) >= 11 is 0. The molecule has 6 heteroatoms. The molecule has 1 aromatic carbocycles. The lowest BCUT2D eigenvalue weighted by Crippen LogP contribution is -2.27. The summed E-state index contributed by atoms with van der Waals surface area (Å²) in [5.41, 5.74) is 2.37. The molecule has 0 saturated carbocycles. The minimum atomic E-state index is -0.965. The average molecular weight is 329 g/mol. The van der Waals surface area contributed by atoms with Gasteiger partial charge in [0.25, 0.3) is 5.91 Å². The second-order valence-corrected chi connectivity index (χ2v) is 6.63. The molecule has 0 unspecified atom stereocenters. The maximum Gasteiger partial charge on any atom is 0.335 e. The van der Waals surface area contributed by atoms with Gasteiger partial charge >= 0.3 is 5.97 Å². The number of amides is 1. The van der Waals surface area contributed by atoms with Crippen molar-refractivity contribution in [2.75, 3.05) is 0 Å². The molecule has 2 N–H and O–H groups in total. The minimum Gasteiger partial charge on any atom is -0.478 e. The summed E-state index contributed by atoms with van der Waals surface area (Å²) in [6.07, 6.45) is 2.32. The third-order valence-corrected chi connectivity index (χ3v) is 3.74. The van der Waals surface area contributed by atoms with Gasteiger partial charge in [0.2, 0.25) is 0 Å². The molecule has 0 aliphatic carbocycles. The van der Waals surface area contributed by atoms with Gasteiger partial charge in [-0.25, -0.2) is 4.79 Å². The van der Waals surface area contributed by atoms with Gasteiger partial charge in [-0.1, -0.05) is 19.1 Å². The molecule has 6 nitrogen and oxygen atoms in total. The number of aromatic carboxylic acids is 1. The first-order valence-electron chi connectivity index (χ1n) is 7.92. The number of hydrogen-bond acceptors (Lipinski definition) is 3. The summed E-state index contributed by atoms with van der Waals surface area (Å²) in [7, 11) is 0. The van der Waals surface area contributed by atoms with Crippen LogP contribution in [0.15, 0.2) is 30.5 Å². The Balaban J connectivity index is 2.10. The summed E-state index contributed by atoms with van der Waals surface area (Å²) in [6, 6.07) is 6.45. The number of carboxylic acids is 1. The lowest BCUT2D eigenvalue weighted by Gasteiger charge is -2.22. The molecule has 0 saturated heterocycles. The van der Waals surface area contributed by atoms with Crippen LogP contribution in [0, 0.1) is 0 Å². The number of benzene rings is 1. The summed E-state index contributed by atoms with van der Waals surface area (Å²) in [5.74, 6) is -1.14. The SMILES string of the molecule is CCc1c(C(=O)NCc2ccc(C(=O)O)cc2)cnn1C(C)(C)C. The minimum absolute atomic E-state index is 0.176. The first-order valence-corrected chi connectivity index (χ1v) is 7.92. The second kappa shape index (κ2) is 6.86. The number of carbonyl (C=O) groups excluding carboxylic acids is 1. The van der Waals surface area contributed by atoms with Crippen LogP contribution in [-0.4, -0.2) is 26.8 Å². The van der Waals surface area contributed by atoms with Crippen LogP contribution in [0.2, 0.25) is 0 Å². The van der Waals surface area contributed by atoms with E-state index in [1.807, 2.05) is 32.4 Å². The highest BCUT2D eigenvalue weighted by Crippen LogP contribution is 2.19. The highest BCUT2D eigenvalue weighted by Gasteiger charge is 2.22. The average Bonchev–Trinajstić information content (AvgIpc) is 2.97. The van der Waals surface area contributed by atoms with E-state index in [2.05, 4.69) is 10.4 Å². The Labute approximate surface area is 141 Å². The van der Waals surface area contributed by atoms with Crippen LogP contribution in [-0.2, 0) is 18.5 Å². The molecule has 0 bridgehead atoms. The Bertz CT molecular complexity index is 740. The van der Waals surface area contributed by atoms with Crippen LogP contribution < -0.4 is 5.32 Å². The number of carboxylic acid groups (broad SMARTS) is 1. The molecule has 0 aliphatic heterocycles. The third-order valence-electron chi connectivity index (χ3n) is 3.74. The molecule has 1 aromatic heterocycles. The monoisotopic (exact) mass is 329 g/mol. The van der Waals surface area contributed by atoms with E-state index in [0.717, 1.165) is 11.3 Å². The zero-order valence-electron chi connectivity index (χ0n) is 14.5. The molecule has 2 rings (SSSR count). The molecule has 0 spiro atoms. The number of aromatic nitrogens is 2. The van der Waals surface area contributed by atoms with E-state index in [4.69, 9.17) is 5.11 Å². The number of carbonyl (C=O) groups is 2. The van der Waals surface area contributed by atoms with Crippen molar-refractivity contribution in [2.45, 2.75) is 46.2 Å². The molecule has 0 aliphatic rings. The van der Waals surface area contributed by atoms with E-state index < -0.39 is 5.97 Å². The largest absolute Gasteiger partial charge is 0.478 e. The van der Waals surface area contributed by atoms with E-state index in [0.29, 0.717) is 18.5 Å². The van der Waals surface area contributed by atoms with E-state index >= 15 is 0 Å². The lowest BCUT2D eigenvalue weighted by molar-refractivity contribution is 0.0696. The van der Waals surface area contributed by atoms with Gasteiger partial charge in [0, 0.05) is 6.54 Å². The van der Waals surface area contributed by atoms with Crippen LogP contribution in [0.3, 0.4) is 0 Å². The number of nitrogens with zero attached hydrogens (tertiary/aromatic N) is 2. The predicted octanol–water partition coefficient (Wildman–Crippen LogP) is 2.83. The first-order chi connectivity index (χ1) is 11.2. The topological polar surface area (TPSA) is 84.2 Å². The van der Waals surface area contributed by atoms with Gasteiger partial charge in [0.1, 0.15) is 0 Å². The zero-order chi connectivity index (χ0) is 17.9. The van der Waals surface area contributed by atoms with Crippen molar-refractivity contribution >= 4 is 11.9 Å². The molecule has 2 aromatic rings. The quantitative estimate of drug-likeness (QED) is 0.883. The smallest absolute Gasteiger partial charge is 0.335 e. The fourth-order valence-corrected chi connectivity index (χ4v) is 2.52. The normalized spacial score (nSPS) is 11.3. The van der Waals surface area contributed by atoms with Gasteiger partial charge in [-0.2, -0.15) is 5.10 Å². The fourth-order valence-electron chi connectivity index (χ4n) is 2.52. The zero-order valence-corrected chi connectivity index (χ0v) is 14.5. The summed E-state index contributed by atoms with van der Waals surface area (Å²) in [4.78, 5) is 23.3. The molecule has 128 valence electrons. The Kier molecular flexibility index (Phi) is 5.07. The van der Waals surface area contributed by atoms with E-state index in [-0.39, 0.29) is 17.0 Å². The van der Waals surface area contributed by atoms with Crippen molar-refractivity contribution in [3.8, 4) is 0 Å². The molecular formula is C18H23N3O3. The maximum absolute atomic E-state index is 12.5. The van der Waals surface area contributed by atoms with Crippen LogP contribution in [0.5, 0.6) is 0 Å². The van der Waals surface area contributed by atoms with Crippen LogP contribution in [0.4, 0.5) is 0 Å². The second-order valence-electron chi connectivity index (χ2n) is 6.63. The molecule has 24 heavy (non-hydrogen) atoms. The maximum atomic E-state index is 12.5. The van der Waals surface area contributed by atoms with Crippen molar-refractivity contribution < 1.29 is 14.7 Å². The van der Waals surface area contributed by atoms with Crippen molar-refractivity contribution in [3.05, 3.63) is 52.8 Å². The van der Waals surface area contributed by atoms with Crippen LogP contribution in [0.1, 0.15) is 59.7 Å². The highest BCUT2D eigenvalue weighted by atomic mass is 16.4. The molecule has 0 fully saturated rings. The van der Waals surface area contributed by atoms with E-state index in [1.165, 1.54) is 12.1 Å². The van der Waals surface area contributed by atoms with Gasteiger partial charge in [0.05, 0.1) is 28.6 Å². The summed E-state index contributed by atoms with van der Waals surface area (Å²) < 4.78 is 1.88. The predicted molar refractivity (Wildman–Crippen MR) is 91.2 cm³/mol. The van der Waals surface area contributed by atoms with Crippen molar-refractivity contribution in [3.63, 3.8) is 0 Å². The first kappa shape index (κ1) is 17.7. The van der Waals surface area contributed by atoms with E-state index in [1.54, 1.807) is 18.3 Å². The van der Waals surface area contributed by atoms with Crippen molar-refractivity contribution in [1.82, 2.24) is 15.1 Å². The Morgan fingerprint density at radius 2 is 1.83 bits per heavy atom. The third kappa shape index (κ3) is 3.82. The van der Waals surface area contributed by atoms with Gasteiger partial charge in [-0.05, 0) is 44.9 Å². The van der Waals surface area contributed by atoms with E-state index in [9.17, 15) is 9.59 Å². The number of rotatable bonds is 5. The summed E-state index contributed by atoms with van der Waals surface area (Å²) in [5, 5.41) is 16.1. The standard InChI is InChI=1S/C18H23N3O3/c1-5-15-14(11-20-21(15)18(2,3)4)16(22)19-10-12-6-8-13(9-7-12)17(23)24/h6-9,11H,5,10H2,1-4H3,(H,19,22)(H,23,24).